The lowest BCUT2D eigenvalue weighted by Gasteiger charge is -2.13. The average Bonchev–Trinajstić information content (AvgIpc) is 3.06. The molecule has 3 aromatic heterocycles. The normalized spacial score (nSPS) is 13.3. The minimum absolute atomic E-state index is 0.173. The zero-order chi connectivity index (χ0) is 29.0. The molecule has 1 N–H and O–H groups in total. The Morgan fingerprint density at radius 3 is 2.38 bits per heavy atom. The zero-order valence-electron chi connectivity index (χ0n) is 23.0. The maximum atomic E-state index is 13.3. The molecule has 12 nitrogen and oxygen atoms in total. The van der Waals surface area contributed by atoms with Crippen molar-refractivity contribution in [2.75, 3.05) is 38.5 Å². The molecule has 12 heteroatoms. The van der Waals surface area contributed by atoms with Crippen LogP contribution in [0.1, 0.15) is 6.92 Å². The van der Waals surface area contributed by atoms with Crippen LogP contribution < -0.4 is 25.1 Å². The summed E-state index contributed by atoms with van der Waals surface area (Å²) in [6.45, 7) is 3.83. The molecule has 0 unspecified atom stereocenters. The van der Waals surface area contributed by atoms with Crippen LogP contribution in [0.15, 0.2) is 90.4 Å². The molecular weight excluding hydrogens is 540 g/mol. The Morgan fingerprint density at radius 2 is 1.64 bits per heavy atom. The van der Waals surface area contributed by atoms with Crippen LogP contribution >= 0.6 is 0 Å². The minimum Gasteiger partial charge on any atom is -0.487 e. The number of pyridine rings is 1. The fourth-order valence-electron chi connectivity index (χ4n) is 3.92. The van der Waals surface area contributed by atoms with Crippen LogP contribution in [0, 0.1) is 0 Å². The summed E-state index contributed by atoms with van der Waals surface area (Å²) in [6.07, 6.45) is 5.94. The standard InChI is InChI=1S/C30H30N6O6/c1-2-36-29(37)24(19-33-30(36)35-22-6-4-3-5-7-22)25-9-8-23(18-32-25)42-28-11-10-26-27(12-13-31-20-34-28)41-17-15-39-21-38-14-16-40-26/h3-13,18-20H,2,14-17,21H2,1H3,(H,33,35). The Hall–Kier alpha value is -5.07. The van der Waals surface area contributed by atoms with E-state index < -0.39 is 0 Å². The molecule has 4 heterocycles. The topological polar surface area (TPSA) is 132 Å². The van der Waals surface area contributed by atoms with Crippen molar-refractivity contribution in [1.29, 1.82) is 0 Å². The van der Waals surface area contributed by atoms with Gasteiger partial charge in [0, 0.05) is 36.8 Å². The maximum Gasteiger partial charge on any atom is 0.264 e. The highest BCUT2D eigenvalue weighted by Crippen LogP contribution is 2.27. The highest BCUT2D eigenvalue weighted by molar-refractivity contribution is 5.60. The molecule has 216 valence electrons. The number of aromatic nitrogens is 5. The van der Waals surface area contributed by atoms with Gasteiger partial charge in [-0.25, -0.2) is 15.0 Å². The second-order valence-corrected chi connectivity index (χ2v) is 8.76. The fraction of sp³-hybridized carbons (Fsp3) is 0.233. The van der Waals surface area contributed by atoms with Crippen LogP contribution in [0.2, 0.25) is 0 Å². The third-order valence-corrected chi connectivity index (χ3v) is 5.95. The van der Waals surface area contributed by atoms with E-state index in [9.17, 15) is 4.79 Å². The first-order chi connectivity index (χ1) is 20.7. The maximum absolute atomic E-state index is 13.3. The van der Waals surface area contributed by atoms with Crippen molar-refractivity contribution >= 4 is 11.6 Å². The SMILES string of the molecule is CCn1c(Nc2ccccc2)ncc(-c2ccc(Oc3ccc4c(ccncn3)OCCOCOCCO4)cn2)c1=O. The summed E-state index contributed by atoms with van der Waals surface area (Å²) < 4.78 is 29.9. The monoisotopic (exact) mass is 570 g/mol. The summed E-state index contributed by atoms with van der Waals surface area (Å²) in [5, 5.41) is 3.19. The van der Waals surface area contributed by atoms with E-state index in [1.54, 1.807) is 41.1 Å². The van der Waals surface area contributed by atoms with E-state index in [2.05, 4.69) is 25.3 Å². The van der Waals surface area contributed by atoms with Gasteiger partial charge >= 0.3 is 0 Å². The third kappa shape index (κ3) is 7.56. The smallest absolute Gasteiger partial charge is 0.264 e. The van der Waals surface area contributed by atoms with E-state index >= 15 is 0 Å². The van der Waals surface area contributed by atoms with Crippen LogP contribution in [0.4, 0.5) is 11.6 Å². The van der Waals surface area contributed by atoms with Crippen molar-refractivity contribution in [1.82, 2.24) is 24.5 Å². The van der Waals surface area contributed by atoms with Crippen molar-refractivity contribution in [3.05, 3.63) is 95.9 Å². The number of nitrogens with zero attached hydrogens (tertiary/aromatic N) is 5. The van der Waals surface area contributed by atoms with Gasteiger partial charge in [0.15, 0.2) is 11.5 Å². The number of nitrogens with one attached hydrogen (secondary N) is 1. The van der Waals surface area contributed by atoms with Crippen molar-refractivity contribution in [2.24, 2.45) is 0 Å². The van der Waals surface area contributed by atoms with Gasteiger partial charge in [-0.1, -0.05) is 18.2 Å². The number of hydrogen-bond acceptors (Lipinski definition) is 11. The molecule has 0 saturated carbocycles. The number of para-hydroxylation sites is 1. The molecule has 4 aromatic rings. The van der Waals surface area contributed by atoms with Gasteiger partial charge in [0.2, 0.25) is 11.8 Å². The Balaban J connectivity index is 1.37. The molecule has 42 heavy (non-hydrogen) atoms. The van der Waals surface area contributed by atoms with Crippen molar-refractivity contribution in [2.45, 2.75) is 13.5 Å². The van der Waals surface area contributed by atoms with Gasteiger partial charge in [-0.15, -0.1) is 0 Å². The van der Waals surface area contributed by atoms with Crippen molar-refractivity contribution < 1.29 is 23.7 Å². The lowest BCUT2D eigenvalue weighted by Crippen LogP contribution is -2.24. The summed E-state index contributed by atoms with van der Waals surface area (Å²) in [6, 6.07) is 18.0. The fourth-order valence-corrected chi connectivity index (χ4v) is 3.92. The summed E-state index contributed by atoms with van der Waals surface area (Å²) in [5.74, 6) is 2.04. The highest BCUT2D eigenvalue weighted by Gasteiger charge is 2.13. The molecule has 0 atom stereocenters. The van der Waals surface area contributed by atoms with Crippen LogP contribution in [0.25, 0.3) is 11.3 Å². The predicted octanol–water partition coefficient (Wildman–Crippen LogP) is 4.54. The molecule has 0 bridgehead atoms. The quantitative estimate of drug-likeness (QED) is 0.350. The van der Waals surface area contributed by atoms with Crippen LogP contribution in [-0.4, -0.2) is 57.7 Å². The lowest BCUT2D eigenvalue weighted by atomic mass is 10.2. The summed E-state index contributed by atoms with van der Waals surface area (Å²) in [5.41, 5.74) is 1.46. The van der Waals surface area contributed by atoms with E-state index in [4.69, 9.17) is 23.7 Å². The van der Waals surface area contributed by atoms with E-state index in [-0.39, 0.29) is 18.2 Å². The van der Waals surface area contributed by atoms with E-state index in [0.29, 0.717) is 67.4 Å². The minimum atomic E-state index is -0.208. The van der Waals surface area contributed by atoms with Crippen molar-refractivity contribution in [3.8, 4) is 34.4 Å². The molecule has 0 saturated heterocycles. The molecule has 5 rings (SSSR count). The number of benzene rings is 1. The van der Waals surface area contributed by atoms with Gasteiger partial charge in [0.25, 0.3) is 5.56 Å². The van der Waals surface area contributed by atoms with E-state index in [1.807, 2.05) is 37.3 Å². The summed E-state index contributed by atoms with van der Waals surface area (Å²) in [7, 11) is 0. The molecule has 0 aliphatic carbocycles. The van der Waals surface area contributed by atoms with Gasteiger partial charge in [-0.05, 0) is 37.3 Å². The van der Waals surface area contributed by atoms with Crippen LogP contribution in [-0.2, 0) is 16.0 Å². The number of hydrogen-bond donors (Lipinski definition) is 1. The van der Waals surface area contributed by atoms with Crippen LogP contribution in [0.5, 0.6) is 23.1 Å². The third-order valence-electron chi connectivity index (χ3n) is 5.95. The second-order valence-electron chi connectivity index (χ2n) is 8.76. The Bertz CT molecular complexity index is 1580. The largest absolute Gasteiger partial charge is 0.487 e. The van der Waals surface area contributed by atoms with Gasteiger partial charge in [0.1, 0.15) is 32.1 Å². The average molecular weight is 571 g/mol. The second kappa shape index (κ2) is 14.5. The molecule has 1 aliphatic heterocycles. The molecule has 0 radical (unpaired) electrons. The van der Waals surface area contributed by atoms with Gasteiger partial charge in [-0.2, -0.15) is 0 Å². The first-order valence-electron chi connectivity index (χ1n) is 13.4. The first kappa shape index (κ1) is 28.5. The van der Waals surface area contributed by atoms with Gasteiger partial charge in [-0.3, -0.25) is 14.3 Å². The van der Waals surface area contributed by atoms with Gasteiger partial charge in [0.05, 0.1) is 30.7 Å². The van der Waals surface area contributed by atoms with Crippen LogP contribution in [0.3, 0.4) is 0 Å². The molecule has 1 aliphatic rings. The number of rotatable bonds is 6. The molecule has 0 amide bonds. The number of ether oxygens (including phenoxy) is 5. The Kier molecular flexibility index (Phi) is 9.84. The van der Waals surface area contributed by atoms with Gasteiger partial charge < -0.3 is 29.0 Å². The molecule has 0 spiro atoms. The van der Waals surface area contributed by atoms with E-state index in [1.165, 1.54) is 18.7 Å². The summed E-state index contributed by atoms with van der Waals surface area (Å²) in [4.78, 5) is 30.6. The molecular formula is C30H30N6O6. The molecule has 1 aromatic carbocycles. The zero-order valence-corrected chi connectivity index (χ0v) is 23.0. The predicted molar refractivity (Wildman–Crippen MR) is 155 cm³/mol. The lowest BCUT2D eigenvalue weighted by molar-refractivity contribution is -0.0637. The number of fused-ring (bicyclic) bond motifs is 1. The number of anilines is 2. The Morgan fingerprint density at radius 1 is 0.857 bits per heavy atom. The highest BCUT2D eigenvalue weighted by atomic mass is 16.7. The summed E-state index contributed by atoms with van der Waals surface area (Å²) >= 11 is 0. The molecule has 0 fully saturated rings. The first-order valence-corrected chi connectivity index (χ1v) is 13.4. The van der Waals surface area contributed by atoms with Crippen molar-refractivity contribution in [3.63, 3.8) is 0 Å². The van der Waals surface area contributed by atoms with E-state index in [0.717, 1.165) is 5.69 Å². The Labute approximate surface area is 242 Å².